The van der Waals surface area contributed by atoms with Gasteiger partial charge in [-0.3, -0.25) is 14.5 Å². The molecule has 1 unspecified atom stereocenters. The van der Waals surface area contributed by atoms with Gasteiger partial charge in [0.2, 0.25) is 5.91 Å². The second-order valence-electron chi connectivity index (χ2n) is 8.27. The molecule has 2 aromatic rings. The number of benzene rings is 2. The molecule has 1 heterocycles. The first kappa shape index (κ1) is 23.2. The molecule has 1 aliphatic heterocycles. The molecule has 1 aliphatic rings. The van der Waals surface area contributed by atoms with Crippen molar-refractivity contribution >= 4 is 23.4 Å². The number of carbonyl (C=O) groups excluding carboxylic acids is 2. The molecule has 31 heavy (non-hydrogen) atoms. The van der Waals surface area contributed by atoms with Crippen molar-refractivity contribution in [1.82, 2.24) is 15.1 Å². The van der Waals surface area contributed by atoms with Gasteiger partial charge in [0.15, 0.2) is 0 Å². The fourth-order valence-electron chi connectivity index (χ4n) is 3.86. The summed E-state index contributed by atoms with van der Waals surface area (Å²) in [5.41, 5.74) is 1.47. The van der Waals surface area contributed by atoms with Gasteiger partial charge in [0.05, 0.1) is 12.6 Å². The Morgan fingerprint density at radius 3 is 2.48 bits per heavy atom. The Balaban J connectivity index is 1.56. The molecule has 0 aromatic heterocycles. The quantitative estimate of drug-likeness (QED) is 0.727. The van der Waals surface area contributed by atoms with Crippen LogP contribution in [0, 0.1) is 11.7 Å². The molecule has 166 valence electrons. The van der Waals surface area contributed by atoms with E-state index in [2.05, 4.69) is 10.2 Å². The largest absolute Gasteiger partial charge is 0.348 e. The standard InChI is InChI=1S/C24H29ClFN3O2/c1-17(2)23(18-7-9-21(26)10-8-18)27-22(30)16-28-11-4-12-29(14-13-28)24(31)19-5-3-6-20(25)15-19/h3,5-10,15,17,23H,4,11-14,16H2,1-2H3,(H,27,30). The predicted molar refractivity (Wildman–Crippen MR) is 121 cm³/mol. The van der Waals surface area contributed by atoms with Crippen molar-refractivity contribution in [3.05, 3.63) is 70.5 Å². The average Bonchev–Trinajstić information content (AvgIpc) is 2.97. The van der Waals surface area contributed by atoms with Crippen LogP contribution >= 0.6 is 11.6 Å². The summed E-state index contributed by atoms with van der Waals surface area (Å²) in [5.74, 6) is -0.231. The Morgan fingerprint density at radius 1 is 1.06 bits per heavy atom. The first-order valence-electron chi connectivity index (χ1n) is 10.7. The van der Waals surface area contributed by atoms with Crippen LogP contribution in [-0.2, 0) is 4.79 Å². The van der Waals surface area contributed by atoms with E-state index in [0.717, 1.165) is 18.5 Å². The van der Waals surface area contributed by atoms with Gasteiger partial charge in [-0.1, -0.05) is 43.6 Å². The number of halogens is 2. The maximum Gasteiger partial charge on any atom is 0.253 e. The number of nitrogens with zero attached hydrogens (tertiary/aromatic N) is 2. The molecule has 1 saturated heterocycles. The van der Waals surface area contributed by atoms with Gasteiger partial charge in [-0.15, -0.1) is 0 Å². The van der Waals surface area contributed by atoms with Crippen LogP contribution in [0.5, 0.6) is 0 Å². The minimum absolute atomic E-state index is 0.0371. The Hall–Kier alpha value is -2.44. The van der Waals surface area contributed by atoms with Crippen LogP contribution in [0.25, 0.3) is 0 Å². The van der Waals surface area contributed by atoms with E-state index in [1.54, 1.807) is 36.4 Å². The summed E-state index contributed by atoms with van der Waals surface area (Å²) < 4.78 is 13.2. The molecule has 1 N–H and O–H groups in total. The van der Waals surface area contributed by atoms with Crippen molar-refractivity contribution in [1.29, 1.82) is 0 Å². The molecule has 5 nitrogen and oxygen atoms in total. The second kappa shape index (κ2) is 10.7. The van der Waals surface area contributed by atoms with Crippen molar-refractivity contribution in [2.45, 2.75) is 26.3 Å². The second-order valence-corrected chi connectivity index (χ2v) is 8.71. The van der Waals surface area contributed by atoms with Gasteiger partial charge in [0.1, 0.15) is 5.82 Å². The zero-order valence-electron chi connectivity index (χ0n) is 18.0. The van der Waals surface area contributed by atoms with Gasteiger partial charge in [-0.2, -0.15) is 0 Å². The van der Waals surface area contributed by atoms with Crippen LogP contribution in [0.2, 0.25) is 5.02 Å². The van der Waals surface area contributed by atoms with Gasteiger partial charge >= 0.3 is 0 Å². The van der Waals surface area contributed by atoms with Crippen molar-refractivity contribution in [3.63, 3.8) is 0 Å². The zero-order chi connectivity index (χ0) is 22.4. The molecular weight excluding hydrogens is 417 g/mol. The fraction of sp³-hybridized carbons (Fsp3) is 0.417. The molecule has 2 aromatic carbocycles. The maximum atomic E-state index is 13.2. The van der Waals surface area contributed by atoms with Gasteiger partial charge in [0, 0.05) is 36.8 Å². The maximum absolute atomic E-state index is 13.2. The summed E-state index contributed by atoms with van der Waals surface area (Å²) in [7, 11) is 0. The zero-order valence-corrected chi connectivity index (χ0v) is 18.7. The van der Waals surface area contributed by atoms with Gasteiger partial charge in [-0.05, 0) is 48.2 Å². The minimum atomic E-state index is -0.293. The number of nitrogens with one attached hydrogen (secondary N) is 1. The SMILES string of the molecule is CC(C)C(NC(=O)CN1CCCN(C(=O)c2cccc(Cl)c2)CC1)c1ccc(F)cc1. The topological polar surface area (TPSA) is 52.7 Å². The first-order valence-corrected chi connectivity index (χ1v) is 11.0. The van der Waals surface area contributed by atoms with Crippen LogP contribution < -0.4 is 5.32 Å². The Bertz CT molecular complexity index is 904. The lowest BCUT2D eigenvalue weighted by atomic mass is 9.96. The van der Waals surface area contributed by atoms with Crippen LogP contribution in [-0.4, -0.2) is 54.3 Å². The molecule has 7 heteroatoms. The van der Waals surface area contributed by atoms with E-state index in [1.807, 2.05) is 18.7 Å². The van der Waals surface area contributed by atoms with E-state index >= 15 is 0 Å². The first-order chi connectivity index (χ1) is 14.8. The van der Waals surface area contributed by atoms with E-state index in [-0.39, 0.29) is 36.1 Å². The monoisotopic (exact) mass is 445 g/mol. The van der Waals surface area contributed by atoms with Crippen LogP contribution in [0.4, 0.5) is 4.39 Å². The minimum Gasteiger partial charge on any atom is -0.348 e. The fourth-order valence-corrected chi connectivity index (χ4v) is 4.05. The Kier molecular flexibility index (Phi) is 8.04. The molecule has 0 radical (unpaired) electrons. The summed E-state index contributed by atoms with van der Waals surface area (Å²) >= 11 is 6.01. The number of amides is 2. The summed E-state index contributed by atoms with van der Waals surface area (Å²) in [5, 5.41) is 3.63. The Labute approximate surface area is 188 Å². The third kappa shape index (κ3) is 6.52. The highest BCUT2D eigenvalue weighted by Crippen LogP contribution is 2.22. The number of hydrogen-bond acceptors (Lipinski definition) is 3. The molecule has 0 spiro atoms. The lowest BCUT2D eigenvalue weighted by Gasteiger charge is -2.26. The van der Waals surface area contributed by atoms with Crippen molar-refractivity contribution in [2.75, 3.05) is 32.7 Å². The van der Waals surface area contributed by atoms with Gasteiger partial charge < -0.3 is 10.2 Å². The average molecular weight is 446 g/mol. The highest BCUT2D eigenvalue weighted by molar-refractivity contribution is 6.30. The van der Waals surface area contributed by atoms with E-state index < -0.39 is 0 Å². The smallest absolute Gasteiger partial charge is 0.253 e. The summed E-state index contributed by atoms with van der Waals surface area (Å²) in [6, 6.07) is 13.0. The highest BCUT2D eigenvalue weighted by Gasteiger charge is 2.23. The highest BCUT2D eigenvalue weighted by atomic mass is 35.5. The van der Waals surface area contributed by atoms with E-state index in [4.69, 9.17) is 11.6 Å². The molecule has 3 rings (SSSR count). The van der Waals surface area contributed by atoms with Crippen LogP contribution in [0.15, 0.2) is 48.5 Å². The summed E-state index contributed by atoms with van der Waals surface area (Å²) in [4.78, 5) is 29.4. The molecule has 0 aliphatic carbocycles. The van der Waals surface area contributed by atoms with Crippen molar-refractivity contribution in [2.24, 2.45) is 5.92 Å². The van der Waals surface area contributed by atoms with Crippen LogP contribution in [0.1, 0.15) is 42.2 Å². The van der Waals surface area contributed by atoms with Crippen molar-refractivity contribution < 1.29 is 14.0 Å². The van der Waals surface area contributed by atoms with Gasteiger partial charge in [-0.25, -0.2) is 4.39 Å². The predicted octanol–water partition coefficient (Wildman–Crippen LogP) is 4.14. The lowest BCUT2D eigenvalue weighted by Crippen LogP contribution is -2.42. The normalized spacial score (nSPS) is 16.1. The molecule has 0 bridgehead atoms. The molecule has 1 fully saturated rings. The lowest BCUT2D eigenvalue weighted by molar-refractivity contribution is -0.123. The summed E-state index contributed by atoms with van der Waals surface area (Å²) in [6.07, 6.45) is 0.797. The van der Waals surface area contributed by atoms with E-state index in [0.29, 0.717) is 30.2 Å². The molecule has 1 atom stereocenters. The number of hydrogen-bond donors (Lipinski definition) is 1. The van der Waals surface area contributed by atoms with E-state index in [1.165, 1.54) is 12.1 Å². The number of carbonyl (C=O) groups is 2. The molecule has 0 saturated carbocycles. The molecular formula is C24H29ClFN3O2. The van der Waals surface area contributed by atoms with Gasteiger partial charge in [0.25, 0.3) is 5.91 Å². The van der Waals surface area contributed by atoms with Crippen LogP contribution in [0.3, 0.4) is 0 Å². The number of rotatable bonds is 6. The summed E-state index contributed by atoms with van der Waals surface area (Å²) in [6.45, 7) is 6.90. The van der Waals surface area contributed by atoms with Crippen molar-refractivity contribution in [3.8, 4) is 0 Å². The molecule has 2 amide bonds. The Morgan fingerprint density at radius 2 is 1.81 bits per heavy atom. The third-order valence-electron chi connectivity index (χ3n) is 5.53. The third-order valence-corrected chi connectivity index (χ3v) is 5.76. The van der Waals surface area contributed by atoms with E-state index in [9.17, 15) is 14.0 Å².